The highest BCUT2D eigenvalue weighted by Gasteiger charge is 2.52. The normalized spacial score (nSPS) is 21.5. The number of aliphatic hydroxyl groups excluding tert-OH is 1. The number of fused-ring (bicyclic) bond motifs is 5. The molecule has 6 rings (SSSR count). The zero-order chi connectivity index (χ0) is 24.2. The van der Waals surface area contributed by atoms with Crippen molar-refractivity contribution in [1.29, 1.82) is 0 Å². The van der Waals surface area contributed by atoms with Gasteiger partial charge in [0, 0.05) is 40.3 Å². The van der Waals surface area contributed by atoms with Gasteiger partial charge in [0.2, 0.25) is 0 Å². The molecule has 1 spiro atoms. The Morgan fingerprint density at radius 2 is 1.71 bits per heavy atom. The van der Waals surface area contributed by atoms with Gasteiger partial charge in [-0.3, -0.25) is 4.90 Å². The second kappa shape index (κ2) is 8.40. The predicted molar refractivity (Wildman–Crippen MR) is 138 cm³/mol. The minimum Gasteiger partial charge on any atom is -0.465 e. The van der Waals surface area contributed by atoms with Gasteiger partial charge in [0.05, 0.1) is 12.1 Å². The molecule has 1 aliphatic heterocycles. The van der Waals surface area contributed by atoms with Crippen LogP contribution in [0, 0.1) is 0 Å². The molecule has 0 radical (unpaired) electrons. The van der Waals surface area contributed by atoms with Crippen LogP contribution in [0.5, 0.6) is 0 Å². The third-order valence-corrected chi connectivity index (χ3v) is 8.30. The number of likely N-dealkylation sites (tertiary alicyclic amines) is 1. The number of piperidine rings is 1. The van der Waals surface area contributed by atoms with Gasteiger partial charge in [-0.2, -0.15) is 0 Å². The number of nitrogens with zero attached hydrogens (tertiary/aromatic N) is 2. The molecular formula is C29H31N3O3. The predicted octanol–water partition coefficient (Wildman–Crippen LogP) is 5.03. The van der Waals surface area contributed by atoms with E-state index in [0.717, 1.165) is 50.1 Å². The molecule has 1 fully saturated rings. The van der Waals surface area contributed by atoms with Gasteiger partial charge >= 0.3 is 6.09 Å². The fourth-order valence-electron chi connectivity index (χ4n) is 6.63. The Labute approximate surface area is 204 Å². The van der Waals surface area contributed by atoms with Crippen LogP contribution in [0.1, 0.15) is 42.5 Å². The summed E-state index contributed by atoms with van der Waals surface area (Å²) in [7, 11) is 0. The lowest BCUT2D eigenvalue weighted by Gasteiger charge is -2.42. The summed E-state index contributed by atoms with van der Waals surface area (Å²) in [6, 6.07) is 22.8. The van der Waals surface area contributed by atoms with Gasteiger partial charge in [-0.15, -0.1) is 0 Å². The van der Waals surface area contributed by atoms with E-state index in [9.17, 15) is 15.0 Å². The molecule has 6 heteroatoms. The van der Waals surface area contributed by atoms with E-state index in [2.05, 4.69) is 70.2 Å². The topological polar surface area (TPSA) is 77.7 Å². The number of benzene rings is 3. The molecule has 1 aromatic heterocycles. The Morgan fingerprint density at radius 3 is 2.49 bits per heavy atom. The summed E-state index contributed by atoms with van der Waals surface area (Å²) in [5.41, 5.74) is 5.46. The Kier molecular flexibility index (Phi) is 5.31. The zero-order valence-electron chi connectivity index (χ0n) is 19.9. The number of carboxylic acid groups (broad SMARTS) is 1. The molecule has 35 heavy (non-hydrogen) atoms. The van der Waals surface area contributed by atoms with Gasteiger partial charge in [-0.1, -0.05) is 54.6 Å². The molecule has 2 unspecified atom stereocenters. The van der Waals surface area contributed by atoms with Crippen LogP contribution in [0.2, 0.25) is 0 Å². The number of carbonyl (C=O) groups is 1. The van der Waals surface area contributed by atoms with Crippen molar-refractivity contribution in [3.05, 3.63) is 83.4 Å². The van der Waals surface area contributed by atoms with E-state index in [1.165, 1.54) is 27.4 Å². The number of amides is 1. The molecule has 0 bridgehead atoms. The molecule has 180 valence electrons. The Bertz CT molecular complexity index is 1420. The van der Waals surface area contributed by atoms with Gasteiger partial charge < -0.3 is 20.1 Å². The molecule has 2 heterocycles. The summed E-state index contributed by atoms with van der Waals surface area (Å²) < 4.78 is 2.39. The quantitative estimate of drug-likeness (QED) is 0.392. The molecule has 3 aromatic carbocycles. The highest BCUT2D eigenvalue weighted by Crippen LogP contribution is 2.51. The number of para-hydroxylation sites is 1. The Hall–Kier alpha value is -3.35. The van der Waals surface area contributed by atoms with E-state index in [-0.39, 0.29) is 0 Å². The van der Waals surface area contributed by atoms with E-state index >= 15 is 0 Å². The molecule has 2 aliphatic rings. The van der Waals surface area contributed by atoms with Gasteiger partial charge in [-0.25, -0.2) is 4.79 Å². The minimum atomic E-state index is -1.10. The molecule has 6 nitrogen and oxygen atoms in total. The van der Waals surface area contributed by atoms with Crippen molar-refractivity contribution >= 4 is 27.9 Å². The highest BCUT2D eigenvalue weighted by atomic mass is 16.4. The van der Waals surface area contributed by atoms with Crippen molar-refractivity contribution in [3.8, 4) is 0 Å². The van der Waals surface area contributed by atoms with Crippen LogP contribution in [0.25, 0.3) is 21.8 Å². The second-order valence-electron chi connectivity index (χ2n) is 10.0. The minimum absolute atomic E-state index is 0.404. The van der Waals surface area contributed by atoms with E-state index in [1.54, 1.807) is 0 Å². The number of rotatable bonds is 4. The highest BCUT2D eigenvalue weighted by molar-refractivity contribution is 6.08. The van der Waals surface area contributed by atoms with Crippen molar-refractivity contribution in [2.45, 2.75) is 50.4 Å². The van der Waals surface area contributed by atoms with Crippen molar-refractivity contribution in [2.75, 3.05) is 13.1 Å². The number of aryl methyl sites for hydroxylation is 1. The molecule has 0 saturated carbocycles. The third kappa shape index (κ3) is 3.43. The summed E-state index contributed by atoms with van der Waals surface area (Å²) in [6.07, 6.45) is -0.242. The van der Waals surface area contributed by atoms with Crippen LogP contribution < -0.4 is 5.32 Å². The van der Waals surface area contributed by atoms with E-state index in [0.29, 0.717) is 0 Å². The molecule has 1 saturated heterocycles. The van der Waals surface area contributed by atoms with Crippen molar-refractivity contribution < 1.29 is 15.0 Å². The fraction of sp³-hybridized carbons (Fsp3) is 0.345. The summed E-state index contributed by atoms with van der Waals surface area (Å²) in [5.74, 6) is 0. The summed E-state index contributed by atoms with van der Waals surface area (Å²) in [5, 5.41) is 25.8. The number of hydrogen-bond donors (Lipinski definition) is 3. The van der Waals surface area contributed by atoms with Crippen LogP contribution in [-0.2, 0) is 18.5 Å². The standard InChI is InChI=1S/C29H31N3O3/c1-2-32-24-10-6-4-7-20(24)21-12-11-19(17-25(21)32)18-31-15-13-29(14-16-31)23-9-5-3-8-22(23)26(27(29)33)30-28(34)35/h3-12,17,26-27,30,33H,2,13-16,18H2,1H3,(H,34,35). The number of aromatic nitrogens is 1. The molecular weight excluding hydrogens is 438 g/mol. The SMILES string of the molecule is CCn1c2ccccc2c2ccc(CN3CCC4(CC3)c3ccccc3C(NC(=O)O)C4O)cc21. The van der Waals surface area contributed by atoms with Gasteiger partial charge in [0.1, 0.15) is 0 Å². The molecule has 1 aliphatic carbocycles. The van der Waals surface area contributed by atoms with Crippen molar-refractivity contribution in [2.24, 2.45) is 0 Å². The number of aliphatic hydroxyl groups is 1. The van der Waals surface area contributed by atoms with Gasteiger partial charge in [0.15, 0.2) is 0 Å². The van der Waals surface area contributed by atoms with Crippen LogP contribution in [0.4, 0.5) is 4.79 Å². The lowest BCUT2D eigenvalue weighted by Crippen LogP contribution is -2.49. The van der Waals surface area contributed by atoms with E-state index in [1.807, 2.05) is 18.2 Å². The lowest BCUT2D eigenvalue weighted by atomic mass is 9.72. The van der Waals surface area contributed by atoms with Crippen LogP contribution in [-0.4, -0.2) is 45.0 Å². The summed E-state index contributed by atoms with van der Waals surface area (Å²) in [6.45, 7) is 5.72. The monoisotopic (exact) mass is 469 g/mol. The number of hydrogen-bond acceptors (Lipinski definition) is 3. The second-order valence-corrected chi connectivity index (χ2v) is 10.0. The molecule has 4 aromatic rings. The average molecular weight is 470 g/mol. The summed E-state index contributed by atoms with van der Waals surface area (Å²) >= 11 is 0. The zero-order valence-corrected chi connectivity index (χ0v) is 19.9. The van der Waals surface area contributed by atoms with Crippen LogP contribution in [0.3, 0.4) is 0 Å². The maximum absolute atomic E-state index is 11.4. The molecule has 3 N–H and O–H groups in total. The molecule has 2 atom stereocenters. The summed E-state index contributed by atoms with van der Waals surface area (Å²) in [4.78, 5) is 13.9. The Morgan fingerprint density at radius 1 is 1.00 bits per heavy atom. The smallest absolute Gasteiger partial charge is 0.405 e. The van der Waals surface area contributed by atoms with E-state index in [4.69, 9.17) is 0 Å². The van der Waals surface area contributed by atoms with Gasteiger partial charge in [0.25, 0.3) is 0 Å². The first-order chi connectivity index (χ1) is 17.0. The van der Waals surface area contributed by atoms with E-state index < -0.39 is 23.7 Å². The van der Waals surface area contributed by atoms with Crippen molar-refractivity contribution in [3.63, 3.8) is 0 Å². The third-order valence-electron chi connectivity index (χ3n) is 8.30. The van der Waals surface area contributed by atoms with Crippen molar-refractivity contribution in [1.82, 2.24) is 14.8 Å². The molecule has 1 amide bonds. The first kappa shape index (κ1) is 22.1. The first-order valence-electron chi connectivity index (χ1n) is 12.5. The maximum Gasteiger partial charge on any atom is 0.405 e. The maximum atomic E-state index is 11.4. The fourth-order valence-corrected chi connectivity index (χ4v) is 6.63. The van der Waals surface area contributed by atoms with Crippen LogP contribution in [0.15, 0.2) is 66.7 Å². The number of nitrogens with one attached hydrogen (secondary N) is 1. The van der Waals surface area contributed by atoms with Gasteiger partial charge in [-0.05, 0) is 61.7 Å². The first-order valence-corrected chi connectivity index (χ1v) is 12.5. The lowest BCUT2D eigenvalue weighted by molar-refractivity contribution is 0.0200. The average Bonchev–Trinajstić information content (AvgIpc) is 3.30. The largest absolute Gasteiger partial charge is 0.465 e. The van der Waals surface area contributed by atoms with Crippen LogP contribution >= 0.6 is 0 Å². The Balaban J connectivity index is 1.24.